The molecule has 0 spiro atoms. The first-order valence-corrected chi connectivity index (χ1v) is 9.85. The molecule has 2 atom stereocenters. The molecule has 1 saturated carbocycles. The lowest BCUT2D eigenvalue weighted by atomic mass is 10.1. The molecule has 1 aromatic heterocycles. The second-order valence-electron chi connectivity index (χ2n) is 7.34. The number of aromatic nitrogens is 2. The van der Waals surface area contributed by atoms with Gasteiger partial charge in [0, 0.05) is 45.1 Å². The van der Waals surface area contributed by atoms with Crippen molar-refractivity contribution in [3.05, 3.63) is 54.4 Å². The van der Waals surface area contributed by atoms with Gasteiger partial charge in [-0.05, 0) is 24.5 Å². The lowest BCUT2D eigenvalue weighted by Crippen LogP contribution is -2.50. The van der Waals surface area contributed by atoms with Gasteiger partial charge >= 0.3 is 0 Å². The predicted molar refractivity (Wildman–Crippen MR) is 106 cm³/mol. The number of benzene rings is 1. The minimum atomic E-state index is -0.168. The maximum atomic E-state index is 12.7. The summed E-state index contributed by atoms with van der Waals surface area (Å²) in [4.78, 5) is 37.5. The standard InChI is InChI=1S/C21H25N5O2/c27-19(22-10-7-16-5-2-1-3-6-16)17-15-18(17)20(28)25-11-13-26(14-12-25)21-23-8-4-9-24-21/h1-6,8-9,17-18H,7,10-15H2,(H,22,27). The van der Waals surface area contributed by atoms with Gasteiger partial charge in [0.05, 0.1) is 11.8 Å². The average molecular weight is 379 g/mol. The summed E-state index contributed by atoms with van der Waals surface area (Å²) >= 11 is 0. The van der Waals surface area contributed by atoms with E-state index in [0.29, 0.717) is 32.0 Å². The van der Waals surface area contributed by atoms with E-state index in [2.05, 4.69) is 32.3 Å². The van der Waals surface area contributed by atoms with Gasteiger partial charge in [-0.25, -0.2) is 9.97 Å². The molecular weight excluding hydrogens is 354 g/mol. The first kappa shape index (κ1) is 18.4. The van der Waals surface area contributed by atoms with E-state index in [9.17, 15) is 9.59 Å². The smallest absolute Gasteiger partial charge is 0.226 e. The molecule has 7 nitrogen and oxygen atoms in total. The monoisotopic (exact) mass is 379 g/mol. The number of nitrogens with zero attached hydrogens (tertiary/aromatic N) is 4. The highest BCUT2D eigenvalue weighted by molar-refractivity contribution is 5.92. The number of hydrogen-bond acceptors (Lipinski definition) is 5. The quantitative estimate of drug-likeness (QED) is 0.814. The SMILES string of the molecule is O=C(NCCc1ccccc1)C1CC1C(=O)N1CCN(c2ncccn2)CC1. The minimum absolute atomic E-state index is 0.00519. The van der Waals surface area contributed by atoms with Crippen molar-refractivity contribution in [3.8, 4) is 0 Å². The van der Waals surface area contributed by atoms with E-state index in [1.807, 2.05) is 23.1 Å². The Morgan fingerprint density at radius 3 is 2.39 bits per heavy atom. The highest BCUT2D eigenvalue weighted by Gasteiger charge is 2.49. The van der Waals surface area contributed by atoms with Crippen molar-refractivity contribution in [2.24, 2.45) is 11.8 Å². The van der Waals surface area contributed by atoms with Crippen molar-refractivity contribution in [2.75, 3.05) is 37.6 Å². The third kappa shape index (κ3) is 4.30. The van der Waals surface area contributed by atoms with Crippen molar-refractivity contribution in [3.63, 3.8) is 0 Å². The molecule has 0 radical (unpaired) electrons. The van der Waals surface area contributed by atoms with Gasteiger partial charge in [-0.1, -0.05) is 30.3 Å². The Labute approximate surface area is 164 Å². The normalized spacial score (nSPS) is 21.3. The molecule has 2 aromatic rings. The zero-order chi connectivity index (χ0) is 19.3. The average Bonchev–Trinajstić information content (AvgIpc) is 3.56. The summed E-state index contributed by atoms with van der Waals surface area (Å²) in [6.45, 7) is 3.34. The van der Waals surface area contributed by atoms with Crippen LogP contribution in [0.25, 0.3) is 0 Å². The Morgan fingerprint density at radius 2 is 1.68 bits per heavy atom. The van der Waals surface area contributed by atoms with Crippen LogP contribution in [0.3, 0.4) is 0 Å². The molecule has 146 valence electrons. The number of carbonyl (C=O) groups is 2. The van der Waals surface area contributed by atoms with E-state index in [-0.39, 0.29) is 23.7 Å². The van der Waals surface area contributed by atoms with Gasteiger partial charge in [0.1, 0.15) is 0 Å². The van der Waals surface area contributed by atoms with Crippen LogP contribution in [0.15, 0.2) is 48.8 Å². The molecule has 7 heteroatoms. The van der Waals surface area contributed by atoms with Gasteiger partial charge in [0.2, 0.25) is 17.8 Å². The number of anilines is 1. The summed E-state index contributed by atoms with van der Waals surface area (Å²) < 4.78 is 0. The summed E-state index contributed by atoms with van der Waals surface area (Å²) in [5.41, 5.74) is 1.20. The summed E-state index contributed by atoms with van der Waals surface area (Å²) in [6, 6.07) is 11.9. The second kappa shape index (κ2) is 8.37. The van der Waals surface area contributed by atoms with Gasteiger partial charge in [0.15, 0.2) is 0 Å². The fourth-order valence-corrected chi connectivity index (χ4v) is 3.68. The summed E-state index contributed by atoms with van der Waals surface area (Å²) in [5.74, 6) is 0.495. The van der Waals surface area contributed by atoms with E-state index in [1.54, 1.807) is 18.5 Å². The van der Waals surface area contributed by atoms with Crippen LogP contribution >= 0.6 is 0 Å². The van der Waals surface area contributed by atoms with Crippen LogP contribution in [-0.2, 0) is 16.0 Å². The van der Waals surface area contributed by atoms with Gasteiger partial charge in [-0.2, -0.15) is 0 Å². The van der Waals surface area contributed by atoms with Crippen molar-refractivity contribution < 1.29 is 9.59 Å². The zero-order valence-corrected chi connectivity index (χ0v) is 15.8. The van der Waals surface area contributed by atoms with Gasteiger partial charge < -0.3 is 15.1 Å². The van der Waals surface area contributed by atoms with Gasteiger partial charge in [-0.15, -0.1) is 0 Å². The molecule has 1 aliphatic heterocycles. The molecule has 28 heavy (non-hydrogen) atoms. The third-order valence-electron chi connectivity index (χ3n) is 5.43. The van der Waals surface area contributed by atoms with E-state index in [4.69, 9.17) is 0 Å². The molecule has 0 bridgehead atoms. The van der Waals surface area contributed by atoms with Crippen molar-refractivity contribution in [1.82, 2.24) is 20.2 Å². The molecule has 1 N–H and O–H groups in total. The van der Waals surface area contributed by atoms with Crippen LogP contribution in [0.1, 0.15) is 12.0 Å². The highest BCUT2D eigenvalue weighted by atomic mass is 16.2. The van der Waals surface area contributed by atoms with E-state index < -0.39 is 0 Å². The van der Waals surface area contributed by atoms with Crippen LogP contribution in [0.5, 0.6) is 0 Å². The topological polar surface area (TPSA) is 78.4 Å². The molecular formula is C21H25N5O2. The molecule has 4 rings (SSSR count). The Balaban J connectivity index is 1.20. The molecule has 2 aliphatic rings. The van der Waals surface area contributed by atoms with Crippen LogP contribution < -0.4 is 10.2 Å². The molecule has 1 aromatic carbocycles. The number of carbonyl (C=O) groups excluding carboxylic acids is 2. The lowest BCUT2D eigenvalue weighted by Gasteiger charge is -2.34. The first-order valence-electron chi connectivity index (χ1n) is 9.85. The summed E-state index contributed by atoms with van der Waals surface area (Å²) in [6.07, 6.45) is 4.93. The second-order valence-corrected chi connectivity index (χ2v) is 7.34. The molecule has 2 unspecified atom stereocenters. The van der Waals surface area contributed by atoms with Crippen LogP contribution in [0, 0.1) is 11.8 Å². The largest absolute Gasteiger partial charge is 0.356 e. The van der Waals surface area contributed by atoms with Gasteiger partial charge in [0.25, 0.3) is 0 Å². The maximum absolute atomic E-state index is 12.7. The number of nitrogens with one attached hydrogen (secondary N) is 1. The molecule has 2 amide bonds. The van der Waals surface area contributed by atoms with E-state index >= 15 is 0 Å². The number of hydrogen-bond donors (Lipinski definition) is 1. The number of amides is 2. The van der Waals surface area contributed by atoms with Gasteiger partial charge in [-0.3, -0.25) is 9.59 Å². The van der Waals surface area contributed by atoms with Crippen LogP contribution in [0.4, 0.5) is 5.95 Å². The molecule has 1 aliphatic carbocycles. The molecule has 2 heterocycles. The first-order chi connectivity index (χ1) is 13.7. The van der Waals surface area contributed by atoms with E-state index in [0.717, 1.165) is 19.5 Å². The Kier molecular flexibility index (Phi) is 5.50. The molecule has 1 saturated heterocycles. The van der Waals surface area contributed by atoms with Crippen molar-refractivity contribution >= 4 is 17.8 Å². The Bertz CT molecular complexity index is 806. The number of rotatable bonds is 6. The zero-order valence-electron chi connectivity index (χ0n) is 15.8. The van der Waals surface area contributed by atoms with Crippen LogP contribution in [0.2, 0.25) is 0 Å². The molecule has 2 fully saturated rings. The van der Waals surface area contributed by atoms with Crippen molar-refractivity contribution in [2.45, 2.75) is 12.8 Å². The van der Waals surface area contributed by atoms with E-state index in [1.165, 1.54) is 5.56 Å². The Morgan fingerprint density at radius 1 is 0.964 bits per heavy atom. The maximum Gasteiger partial charge on any atom is 0.226 e. The summed E-state index contributed by atoms with van der Waals surface area (Å²) in [7, 11) is 0. The fraction of sp³-hybridized carbons (Fsp3) is 0.429. The summed E-state index contributed by atoms with van der Waals surface area (Å²) in [5, 5.41) is 2.97. The lowest BCUT2D eigenvalue weighted by molar-refractivity contribution is -0.135. The highest BCUT2D eigenvalue weighted by Crippen LogP contribution is 2.40. The Hall–Kier alpha value is -2.96. The van der Waals surface area contributed by atoms with Crippen molar-refractivity contribution in [1.29, 1.82) is 0 Å². The third-order valence-corrected chi connectivity index (χ3v) is 5.43. The fourth-order valence-electron chi connectivity index (χ4n) is 3.68. The predicted octanol–water partition coefficient (Wildman–Crippen LogP) is 1.12. The number of piperazine rings is 1. The van der Waals surface area contributed by atoms with Crippen LogP contribution in [-0.4, -0.2) is 59.4 Å². The minimum Gasteiger partial charge on any atom is -0.356 e.